The molecule has 1 aromatic rings. The highest BCUT2D eigenvalue weighted by Crippen LogP contribution is 2.22. The number of benzene rings is 1. The number of hydrogen-bond donors (Lipinski definition) is 2. The van der Waals surface area contributed by atoms with Crippen molar-refractivity contribution < 1.29 is 14.1 Å². The van der Waals surface area contributed by atoms with Gasteiger partial charge in [0.25, 0.3) is 0 Å². The third-order valence-electron chi connectivity index (χ3n) is 2.39. The molecule has 0 spiro atoms. The Morgan fingerprint density at radius 2 is 2.24 bits per heavy atom. The fraction of sp³-hybridized carbons (Fsp3) is 0.500. The average molecular weight is 257 g/mol. The summed E-state index contributed by atoms with van der Waals surface area (Å²) in [5.74, 6) is 1.59. The zero-order valence-corrected chi connectivity index (χ0v) is 11.0. The molecule has 17 heavy (non-hydrogen) atoms. The summed E-state index contributed by atoms with van der Waals surface area (Å²) in [4.78, 5) is 0. The van der Waals surface area contributed by atoms with Crippen molar-refractivity contribution in [1.82, 2.24) is 5.32 Å². The third kappa shape index (κ3) is 5.19. The van der Waals surface area contributed by atoms with Crippen LogP contribution in [0.25, 0.3) is 0 Å². The fourth-order valence-corrected chi connectivity index (χ4v) is 1.99. The molecule has 0 saturated carbocycles. The molecule has 1 rings (SSSR count). The van der Waals surface area contributed by atoms with Crippen LogP contribution in [0.15, 0.2) is 18.2 Å². The Morgan fingerprint density at radius 3 is 2.82 bits per heavy atom. The minimum absolute atomic E-state index is 0.232. The van der Waals surface area contributed by atoms with E-state index in [1.165, 1.54) is 0 Å². The van der Waals surface area contributed by atoms with Crippen molar-refractivity contribution in [3.63, 3.8) is 0 Å². The van der Waals surface area contributed by atoms with E-state index in [0.717, 1.165) is 18.5 Å². The molecule has 96 valence electrons. The molecule has 1 unspecified atom stereocenters. The van der Waals surface area contributed by atoms with Gasteiger partial charge in [0.05, 0.1) is 7.11 Å². The number of phenolic OH excluding ortho intramolecular Hbond substituents is 1. The van der Waals surface area contributed by atoms with Crippen LogP contribution in [0.5, 0.6) is 11.5 Å². The van der Waals surface area contributed by atoms with Crippen LogP contribution in [0.2, 0.25) is 0 Å². The van der Waals surface area contributed by atoms with Crippen molar-refractivity contribution in [2.75, 3.05) is 25.7 Å². The average Bonchev–Trinajstić information content (AvgIpc) is 2.30. The molecule has 0 aliphatic carbocycles. The molecule has 0 radical (unpaired) electrons. The molecule has 2 N–H and O–H groups in total. The SMILES string of the molecule is COc1ccc(CNCCCS(C)=O)c(O)c1. The molecule has 1 aromatic carbocycles. The smallest absolute Gasteiger partial charge is 0.123 e. The van der Waals surface area contributed by atoms with Gasteiger partial charge in [-0.25, -0.2) is 0 Å². The van der Waals surface area contributed by atoms with E-state index >= 15 is 0 Å². The lowest BCUT2D eigenvalue weighted by atomic mass is 10.2. The van der Waals surface area contributed by atoms with E-state index in [2.05, 4.69) is 5.32 Å². The van der Waals surface area contributed by atoms with Crippen LogP contribution in [-0.4, -0.2) is 35.0 Å². The van der Waals surface area contributed by atoms with E-state index in [0.29, 0.717) is 18.0 Å². The van der Waals surface area contributed by atoms with Crippen LogP contribution >= 0.6 is 0 Å². The van der Waals surface area contributed by atoms with Gasteiger partial charge < -0.3 is 15.2 Å². The van der Waals surface area contributed by atoms with Crippen molar-refractivity contribution in [3.05, 3.63) is 23.8 Å². The lowest BCUT2D eigenvalue weighted by Crippen LogP contribution is -2.16. The molecule has 0 heterocycles. The van der Waals surface area contributed by atoms with Crippen molar-refractivity contribution in [2.45, 2.75) is 13.0 Å². The Bertz CT molecular complexity index is 382. The van der Waals surface area contributed by atoms with Gasteiger partial charge in [-0.2, -0.15) is 0 Å². The van der Waals surface area contributed by atoms with Crippen LogP contribution in [0.1, 0.15) is 12.0 Å². The highest BCUT2D eigenvalue weighted by Gasteiger charge is 2.02. The Kier molecular flexibility index (Phi) is 6.00. The minimum atomic E-state index is -0.728. The van der Waals surface area contributed by atoms with Gasteiger partial charge in [-0.1, -0.05) is 6.07 Å². The summed E-state index contributed by atoms with van der Waals surface area (Å²) in [5.41, 5.74) is 0.837. The highest BCUT2D eigenvalue weighted by molar-refractivity contribution is 7.84. The van der Waals surface area contributed by atoms with Crippen LogP contribution in [0.3, 0.4) is 0 Å². The Hall–Kier alpha value is -1.07. The second-order valence-corrected chi connectivity index (χ2v) is 5.36. The van der Waals surface area contributed by atoms with Gasteiger partial charge in [-0.15, -0.1) is 0 Å². The fourth-order valence-electron chi connectivity index (χ4n) is 1.44. The first kappa shape index (κ1) is 14.0. The molecule has 0 amide bonds. The van der Waals surface area contributed by atoms with Gasteiger partial charge in [0.1, 0.15) is 11.5 Å². The highest BCUT2D eigenvalue weighted by atomic mass is 32.2. The van der Waals surface area contributed by atoms with Gasteiger partial charge in [0.15, 0.2) is 0 Å². The minimum Gasteiger partial charge on any atom is -0.507 e. The summed E-state index contributed by atoms with van der Waals surface area (Å²) in [6.07, 6.45) is 2.58. The standard InChI is InChI=1S/C12H19NO3S/c1-16-11-5-4-10(12(14)8-11)9-13-6-3-7-17(2)15/h4-5,8,13-14H,3,6-7,9H2,1-2H3. The Balaban J connectivity index is 2.34. The number of phenols is 1. The lowest BCUT2D eigenvalue weighted by Gasteiger charge is -2.08. The van der Waals surface area contributed by atoms with E-state index < -0.39 is 10.8 Å². The topological polar surface area (TPSA) is 58.6 Å². The number of rotatable bonds is 7. The molecular formula is C12H19NO3S. The number of nitrogens with one attached hydrogen (secondary N) is 1. The first-order chi connectivity index (χ1) is 8.13. The summed E-state index contributed by atoms with van der Waals surface area (Å²) in [6.45, 7) is 1.40. The number of methoxy groups -OCH3 is 1. The Labute approximate surface area is 104 Å². The van der Waals surface area contributed by atoms with E-state index in [-0.39, 0.29) is 5.75 Å². The third-order valence-corrected chi connectivity index (χ3v) is 3.26. The van der Waals surface area contributed by atoms with Gasteiger partial charge >= 0.3 is 0 Å². The summed E-state index contributed by atoms with van der Waals surface area (Å²) in [6, 6.07) is 5.25. The maximum absolute atomic E-state index is 10.8. The van der Waals surface area contributed by atoms with Gasteiger partial charge in [-0.3, -0.25) is 4.21 Å². The van der Waals surface area contributed by atoms with Gasteiger partial charge in [-0.05, 0) is 19.0 Å². The second kappa shape index (κ2) is 7.29. The van der Waals surface area contributed by atoms with Crippen LogP contribution < -0.4 is 10.1 Å². The normalized spacial score (nSPS) is 12.4. The van der Waals surface area contributed by atoms with E-state index in [1.54, 1.807) is 19.4 Å². The molecule has 0 bridgehead atoms. The molecule has 0 aromatic heterocycles. The van der Waals surface area contributed by atoms with Crippen molar-refractivity contribution >= 4 is 10.8 Å². The summed E-state index contributed by atoms with van der Waals surface area (Å²) >= 11 is 0. The van der Waals surface area contributed by atoms with E-state index in [9.17, 15) is 9.32 Å². The van der Waals surface area contributed by atoms with Gasteiger partial charge in [0, 0.05) is 41.0 Å². The zero-order valence-electron chi connectivity index (χ0n) is 10.2. The summed E-state index contributed by atoms with van der Waals surface area (Å²) in [7, 11) is 0.839. The van der Waals surface area contributed by atoms with E-state index in [1.807, 2.05) is 12.1 Å². The van der Waals surface area contributed by atoms with Crippen LogP contribution in [-0.2, 0) is 17.3 Å². The maximum Gasteiger partial charge on any atom is 0.123 e. The predicted molar refractivity (Wildman–Crippen MR) is 69.9 cm³/mol. The first-order valence-corrected chi connectivity index (χ1v) is 7.23. The summed E-state index contributed by atoms with van der Waals surface area (Å²) < 4.78 is 15.8. The van der Waals surface area contributed by atoms with Crippen molar-refractivity contribution in [1.29, 1.82) is 0 Å². The molecule has 1 atom stereocenters. The molecule has 0 fully saturated rings. The van der Waals surface area contributed by atoms with Gasteiger partial charge in [0.2, 0.25) is 0 Å². The molecule has 0 aliphatic rings. The lowest BCUT2D eigenvalue weighted by molar-refractivity contribution is 0.406. The van der Waals surface area contributed by atoms with Crippen LogP contribution in [0.4, 0.5) is 0 Å². The number of hydrogen-bond acceptors (Lipinski definition) is 4. The maximum atomic E-state index is 10.8. The van der Waals surface area contributed by atoms with Crippen molar-refractivity contribution in [3.8, 4) is 11.5 Å². The molecule has 0 saturated heterocycles. The van der Waals surface area contributed by atoms with Crippen molar-refractivity contribution in [2.24, 2.45) is 0 Å². The number of aromatic hydroxyl groups is 1. The summed E-state index contributed by atoms with van der Waals surface area (Å²) in [5, 5.41) is 12.9. The largest absolute Gasteiger partial charge is 0.507 e. The molecular weight excluding hydrogens is 238 g/mol. The molecule has 0 aliphatic heterocycles. The first-order valence-electron chi connectivity index (χ1n) is 5.50. The second-order valence-electron chi connectivity index (χ2n) is 3.80. The molecule has 4 nitrogen and oxygen atoms in total. The quantitative estimate of drug-likeness (QED) is 0.722. The Morgan fingerprint density at radius 1 is 1.47 bits per heavy atom. The zero-order chi connectivity index (χ0) is 12.7. The van der Waals surface area contributed by atoms with E-state index in [4.69, 9.17) is 4.74 Å². The monoisotopic (exact) mass is 257 g/mol. The molecule has 5 heteroatoms. The van der Waals surface area contributed by atoms with Crippen LogP contribution in [0, 0.1) is 0 Å². The number of ether oxygens (including phenoxy) is 1. The predicted octanol–water partition coefficient (Wildman–Crippen LogP) is 1.26.